The minimum atomic E-state index is 0. The van der Waals surface area contributed by atoms with E-state index >= 15 is 0 Å². The molecule has 2 fully saturated rings. The van der Waals surface area contributed by atoms with E-state index in [4.69, 9.17) is 4.74 Å². The van der Waals surface area contributed by atoms with Gasteiger partial charge in [0.15, 0.2) is 0 Å². The molecule has 3 rings (SSSR count). The normalized spacial score (nSPS) is 23.9. The number of carbonyl (C=O) groups excluding carboxylic acids is 1. The van der Waals surface area contributed by atoms with Crippen LogP contribution >= 0.6 is 24.8 Å². The molecule has 2 aliphatic heterocycles. The van der Waals surface area contributed by atoms with Gasteiger partial charge in [-0.25, -0.2) is 4.98 Å². The number of amides is 1. The van der Waals surface area contributed by atoms with E-state index in [0.29, 0.717) is 12.5 Å². The predicted octanol–water partition coefficient (Wildman–Crippen LogP) is 2.01. The van der Waals surface area contributed by atoms with Gasteiger partial charge in [-0.3, -0.25) is 4.79 Å². The summed E-state index contributed by atoms with van der Waals surface area (Å²) in [7, 11) is 0. The predicted molar refractivity (Wildman–Crippen MR) is 108 cm³/mol. The van der Waals surface area contributed by atoms with Crippen LogP contribution in [0.15, 0.2) is 18.3 Å². The van der Waals surface area contributed by atoms with Crippen molar-refractivity contribution in [2.24, 2.45) is 11.8 Å². The maximum absolute atomic E-state index is 12.2. The fraction of sp³-hybridized carbons (Fsp3) is 0.667. The topological polar surface area (TPSA) is 66.5 Å². The number of morpholine rings is 1. The summed E-state index contributed by atoms with van der Waals surface area (Å²) in [4.78, 5) is 19.0. The molecule has 2 aliphatic rings. The number of aromatic nitrogens is 1. The third-order valence-corrected chi connectivity index (χ3v) is 4.95. The second kappa shape index (κ2) is 10.3. The number of anilines is 1. The van der Waals surface area contributed by atoms with Gasteiger partial charge in [-0.15, -0.1) is 24.8 Å². The number of halogens is 2. The third kappa shape index (κ3) is 5.71. The summed E-state index contributed by atoms with van der Waals surface area (Å²) in [6.07, 6.45) is 2.30. The summed E-state index contributed by atoms with van der Waals surface area (Å²) in [5.74, 6) is 1.63. The third-order valence-electron chi connectivity index (χ3n) is 4.95. The molecule has 0 radical (unpaired) electrons. The Kier molecular flexibility index (Phi) is 9.10. The van der Waals surface area contributed by atoms with E-state index < -0.39 is 0 Å². The van der Waals surface area contributed by atoms with Crippen LogP contribution in [0.2, 0.25) is 0 Å². The molecule has 0 bridgehead atoms. The van der Waals surface area contributed by atoms with E-state index in [2.05, 4.69) is 34.4 Å². The van der Waals surface area contributed by atoms with Gasteiger partial charge in [0.1, 0.15) is 5.82 Å². The van der Waals surface area contributed by atoms with E-state index in [-0.39, 0.29) is 48.8 Å². The van der Waals surface area contributed by atoms with E-state index in [1.54, 1.807) is 0 Å². The average molecular weight is 405 g/mol. The lowest BCUT2D eigenvalue weighted by Gasteiger charge is -2.36. The number of hydrogen-bond donors (Lipinski definition) is 2. The van der Waals surface area contributed by atoms with Gasteiger partial charge < -0.3 is 20.3 Å². The van der Waals surface area contributed by atoms with Gasteiger partial charge in [0.05, 0.1) is 12.2 Å². The van der Waals surface area contributed by atoms with Crippen molar-refractivity contribution < 1.29 is 9.53 Å². The lowest BCUT2D eigenvalue weighted by Crippen LogP contribution is -2.49. The summed E-state index contributed by atoms with van der Waals surface area (Å²) < 4.78 is 5.76. The highest BCUT2D eigenvalue weighted by molar-refractivity contribution is 5.85. The van der Waals surface area contributed by atoms with Crippen molar-refractivity contribution in [1.29, 1.82) is 0 Å². The van der Waals surface area contributed by atoms with Crippen molar-refractivity contribution in [3.05, 3.63) is 23.9 Å². The van der Waals surface area contributed by atoms with Crippen LogP contribution in [0.25, 0.3) is 0 Å². The SMILES string of the molecule is CC1CN(c2ccc(CNC(=O)C(C)C3CNC3)cn2)CC(C)O1.Cl.Cl. The zero-order chi connectivity index (χ0) is 17.1. The lowest BCUT2D eigenvalue weighted by atomic mass is 9.88. The second-order valence-electron chi connectivity index (χ2n) is 7.11. The van der Waals surface area contributed by atoms with Crippen LogP contribution in [-0.4, -0.2) is 49.3 Å². The summed E-state index contributed by atoms with van der Waals surface area (Å²) in [5.41, 5.74) is 1.03. The Morgan fingerprint density at radius 2 is 1.96 bits per heavy atom. The molecule has 0 saturated carbocycles. The molecule has 0 aliphatic carbocycles. The van der Waals surface area contributed by atoms with Crippen molar-refractivity contribution in [3.63, 3.8) is 0 Å². The minimum absolute atomic E-state index is 0. The molecule has 148 valence electrons. The van der Waals surface area contributed by atoms with E-state index in [0.717, 1.165) is 37.6 Å². The highest BCUT2D eigenvalue weighted by atomic mass is 35.5. The van der Waals surface area contributed by atoms with Crippen LogP contribution in [0.1, 0.15) is 26.3 Å². The molecule has 26 heavy (non-hydrogen) atoms. The molecule has 2 saturated heterocycles. The van der Waals surface area contributed by atoms with Gasteiger partial charge in [-0.05, 0) is 44.5 Å². The first-order valence-corrected chi connectivity index (χ1v) is 8.86. The molecule has 2 N–H and O–H groups in total. The van der Waals surface area contributed by atoms with Crippen LogP contribution in [0.4, 0.5) is 5.82 Å². The maximum Gasteiger partial charge on any atom is 0.223 e. The number of rotatable bonds is 5. The zero-order valence-corrected chi connectivity index (χ0v) is 17.2. The van der Waals surface area contributed by atoms with Crippen molar-refractivity contribution in [3.8, 4) is 0 Å². The fourth-order valence-corrected chi connectivity index (χ4v) is 3.30. The average Bonchev–Trinajstić information content (AvgIpc) is 2.50. The van der Waals surface area contributed by atoms with Crippen LogP contribution in [-0.2, 0) is 16.1 Å². The highest BCUT2D eigenvalue weighted by Gasteiger charge is 2.28. The minimum Gasteiger partial charge on any atom is -0.372 e. The first kappa shape index (κ1) is 23.0. The Hall–Kier alpha value is -1.08. The summed E-state index contributed by atoms with van der Waals surface area (Å²) in [6, 6.07) is 4.08. The van der Waals surface area contributed by atoms with Gasteiger partial charge >= 0.3 is 0 Å². The first-order chi connectivity index (χ1) is 11.5. The summed E-state index contributed by atoms with van der Waals surface area (Å²) in [6.45, 7) is 10.3. The van der Waals surface area contributed by atoms with Crippen molar-refractivity contribution in [1.82, 2.24) is 15.6 Å². The molecular formula is C18H30Cl2N4O2. The number of hydrogen-bond acceptors (Lipinski definition) is 5. The molecule has 8 heteroatoms. The van der Waals surface area contributed by atoms with Gasteiger partial charge in [0.25, 0.3) is 0 Å². The first-order valence-electron chi connectivity index (χ1n) is 8.86. The van der Waals surface area contributed by atoms with Crippen LogP contribution in [0.5, 0.6) is 0 Å². The Bertz CT molecular complexity index is 559. The second-order valence-corrected chi connectivity index (χ2v) is 7.11. The molecule has 1 aromatic rings. The Labute approximate surface area is 168 Å². The summed E-state index contributed by atoms with van der Waals surface area (Å²) in [5, 5.41) is 6.23. The van der Waals surface area contributed by atoms with Gasteiger partial charge in [0.2, 0.25) is 5.91 Å². The molecule has 0 aromatic carbocycles. The zero-order valence-electron chi connectivity index (χ0n) is 15.6. The molecule has 1 amide bonds. The van der Waals surface area contributed by atoms with Crippen molar-refractivity contribution in [2.75, 3.05) is 31.1 Å². The molecule has 3 atom stereocenters. The largest absolute Gasteiger partial charge is 0.372 e. The molecular weight excluding hydrogens is 375 g/mol. The molecule has 3 unspecified atom stereocenters. The lowest BCUT2D eigenvalue weighted by molar-refractivity contribution is -0.126. The Morgan fingerprint density at radius 1 is 1.31 bits per heavy atom. The van der Waals surface area contributed by atoms with Crippen LogP contribution < -0.4 is 15.5 Å². The number of nitrogens with zero attached hydrogens (tertiary/aromatic N) is 2. The van der Waals surface area contributed by atoms with E-state index in [1.807, 2.05) is 25.3 Å². The summed E-state index contributed by atoms with van der Waals surface area (Å²) >= 11 is 0. The standard InChI is InChI=1S/C18H28N4O2.2ClH/c1-12-10-22(11-13(2)24-12)17-5-4-15(6-20-17)7-21-18(23)14(3)16-8-19-9-16;;/h4-6,12-14,16,19H,7-11H2,1-3H3,(H,21,23);2*1H. The van der Waals surface area contributed by atoms with E-state index in [1.165, 1.54) is 0 Å². The highest BCUT2D eigenvalue weighted by Crippen LogP contribution is 2.19. The van der Waals surface area contributed by atoms with Gasteiger partial charge in [-0.2, -0.15) is 0 Å². The Balaban J connectivity index is 0.00000169. The van der Waals surface area contributed by atoms with Gasteiger partial charge in [0, 0.05) is 31.7 Å². The maximum atomic E-state index is 12.2. The number of nitrogens with one attached hydrogen (secondary N) is 2. The van der Waals surface area contributed by atoms with Crippen LogP contribution in [0.3, 0.4) is 0 Å². The monoisotopic (exact) mass is 404 g/mol. The van der Waals surface area contributed by atoms with Crippen molar-refractivity contribution in [2.45, 2.75) is 39.5 Å². The quantitative estimate of drug-likeness (QED) is 0.785. The number of pyridine rings is 1. The van der Waals surface area contributed by atoms with E-state index in [9.17, 15) is 4.79 Å². The molecule has 1 aromatic heterocycles. The molecule has 6 nitrogen and oxygen atoms in total. The molecule has 0 spiro atoms. The van der Waals surface area contributed by atoms with Crippen molar-refractivity contribution >= 4 is 36.5 Å². The fourth-order valence-electron chi connectivity index (χ4n) is 3.30. The molecule has 3 heterocycles. The Morgan fingerprint density at radius 3 is 2.46 bits per heavy atom. The number of ether oxygens (including phenoxy) is 1. The number of carbonyl (C=O) groups is 1. The van der Waals surface area contributed by atoms with Crippen LogP contribution in [0, 0.1) is 11.8 Å². The smallest absolute Gasteiger partial charge is 0.223 e. The van der Waals surface area contributed by atoms with Gasteiger partial charge in [-0.1, -0.05) is 13.0 Å².